The Balaban J connectivity index is 2.27. The van der Waals surface area contributed by atoms with Crippen LogP contribution in [0.5, 0.6) is 0 Å². The highest BCUT2D eigenvalue weighted by Crippen LogP contribution is 2.32. The fourth-order valence-corrected chi connectivity index (χ4v) is 2.39. The maximum atomic E-state index is 11.4. The molecule has 0 radical (unpaired) electrons. The first-order chi connectivity index (χ1) is 7.99. The number of Topliss-reactive ketones (excluding diaryl/α,β-unsaturated/α-hetero) is 1. The summed E-state index contributed by atoms with van der Waals surface area (Å²) in [7, 11) is 0. The van der Waals surface area contributed by atoms with Crippen molar-refractivity contribution in [3.05, 3.63) is 34.9 Å². The van der Waals surface area contributed by atoms with Gasteiger partial charge in [0.1, 0.15) is 0 Å². The van der Waals surface area contributed by atoms with Gasteiger partial charge < -0.3 is 5.11 Å². The van der Waals surface area contributed by atoms with Gasteiger partial charge in [-0.25, -0.2) is 4.79 Å². The third-order valence-electron chi connectivity index (χ3n) is 3.57. The number of rotatable bonds is 3. The van der Waals surface area contributed by atoms with Crippen LogP contribution in [0.4, 0.5) is 0 Å². The number of hydrogen-bond acceptors (Lipinski definition) is 2. The maximum absolute atomic E-state index is 11.4. The lowest BCUT2D eigenvalue weighted by Gasteiger charge is -2.12. The summed E-state index contributed by atoms with van der Waals surface area (Å²) in [5.41, 5.74) is 2.68. The zero-order valence-electron chi connectivity index (χ0n) is 10.1. The van der Waals surface area contributed by atoms with Gasteiger partial charge in [0, 0.05) is 5.56 Å². The summed E-state index contributed by atoms with van der Waals surface area (Å²) >= 11 is 0. The highest BCUT2D eigenvalue weighted by Gasteiger charge is 2.25. The number of aliphatic carboxylic acids is 1. The largest absolute Gasteiger partial charge is 0.475 e. The average Bonchev–Trinajstić information content (AvgIpc) is 2.70. The van der Waals surface area contributed by atoms with Crippen LogP contribution in [-0.4, -0.2) is 16.9 Å². The molecule has 90 valence electrons. The van der Waals surface area contributed by atoms with Crippen LogP contribution >= 0.6 is 0 Å². The topological polar surface area (TPSA) is 54.4 Å². The molecule has 1 aliphatic carbocycles. The molecule has 0 aliphatic heterocycles. The van der Waals surface area contributed by atoms with Gasteiger partial charge in [0.15, 0.2) is 0 Å². The van der Waals surface area contributed by atoms with Gasteiger partial charge in [-0.3, -0.25) is 4.79 Å². The number of hydrogen-bond donors (Lipinski definition) is 1. The number of ketones is 1. The van der Waals surface area contributed by atoms with E-state index in [0.717, 1.165) is 18.4 Å². The van der Waals surface area contributed by atoms with Gasteiger partial charge in [0.05, 0.1) is 0 Å². The summed E-state index contributed by atoms with van der Waals surface area (Å²) in [5.74, 6) is -0.981. The molecular formula is C14H16O3. The molecule has 0 amide bonds. The first-order valence-electron chi connectivity index (χ1n) is 5.88. The Labute approximate surface area is 100 Å². The second-order valence-electron chi connectivity index (χ2n) is 5.03. The van der Waals surface area contributed by atoms with Gasteiger partial charge in [-0.1, -0.05) is 26.0 Å². The Bertz CT molecular complexity index is 474. The smallest absolute Gasteiger partial charge is 0.377 e. The molecular weight excluding hydrogens is 216 g/mol. The van der Waals surface area contributed by atoms with Gasteiger partial charge in [-0.15, -0.1) is 0 Å². The fourth-order valence-electron chi connectivity index (χ4n) is 2.39. The molecule has 1 unspecified atom stereocenters. The zero-order chi connectivity index (χ0) is 12.6. The summed E-state index contributed by atoms with van der Waals surface area (Å²) in [5, 5.41) is 8.67. The van der Waals surface area contributed by atoms with E-state index in [0.29, 0.717) is 17.4 Å². The van der Waals surface area contributed by atoms with Crippen molar-refractivity contribution in [3.8, 4) is 0 Å². The van der Waals surface area contributed by atoms with Crippen molar-refractivity contribution < 1.29 is 14.7 Å². The summed E-state index contributed by atoms with van der Waals surface area (Å²) in [6.45, 7) is 4.39. The molecule has 0 fully saturated rings. The van der Waals surface area contributed by atoms with E-state index < -0.39 is 11.8 Å². The lowest BCUT2D eigenvalue weighted by Crippen LogP contribution is -2.12. The van der Waals surface area contributed by atoms with Crippen LogP contribution < -0.4 is 0 Å². The van der Waals surface area contributed by atoms with E-state index in [4.69, 9.17) is 5.11 Å². The molecule has 1 N–H and O–H groups in total. The normalized spacial score (nSPS) is 18.2. The van der Waals surface area contributed by atoms with Crippen LogP contribution in [0.25, 0.3) is 0 Å². The number of fused-ring (bicyclic) bond motifs is 1. The van der Waals surface area contributed by atoms with E-state index in [-0.39, 0.29) is 0 Å². The molecule has 1 aromatic carbocycles. The minimum atomic E-state index is -1.39. The van der Waals surface area contributed by atoms with Crippen molar-refractivity contribution in [2.75, 3.05) is 0 Å². The summed E-state index contributed by atoms with van der Waals surface area (Å²) in [6, 6.07) is 5.26. The SMILES string of the molecule is CC(C)C1Cc2ccc(C(=O)C(=O)O)cc2C1. The first kappa shape index (κ1) is 11.8. The Morgan fingerprint density at radius 2 is 1.88 bits per heavy atom. The van der Waals surface area contributed by atoms with Gasteiger partial charge in [0.25, 0.3) is 5.78 Å². The molecule has 0 saturated carbocycles. The number of carboxylic acids is 1. The van der Waals surface area contributed by atoms with Crippen LogP contribution in [-0.2, 0) is 17.6 Å². The molecule has 3 nitrogen and oxygen atoms in total. The second kappa shape index (κ2) is 4.32. The number of carboxylic acid groups (broad SMARTS) is 1. The summed E-state index contributed by atoms with van der Waals surface area (Å²) in [6.07, 6.45) is 1.99. The predicted molar refractivity (Wildman–Crippen MR) is 64.1 cm³/mol. The van der Waals surface area contributed by atoms with E-state index in [9.17, 15) is 9.59 Å². The zero-order valence-corrected chi connectivity index (χ0v) is 10.1. The Kier molecular flexibility index (Phi) is 3.01. The molecule has 0 saturated heterocycles. The molecule has 0 heterocycles. The van der Waals surface area contributed by atoms with Crippen molar-refractivity contribution in [2.45, 2.75) is 26.7 Å². The summed E-state index contributed by atoms with van der Waals surface area (Å²) in [4.78, 5) is 22.0. The fraction of sp³-hybridized carbons (Fsp3) is 0.429. The Hall–Kier alpha value is -1.64. The van der Waals surface area contributed by atoms with Gasteiger partial charge in [-0.2, -0.15) is 0 Å². The third kappa shape index (κ3) is 2.23. The lowest BCUT2D eigenvalue weighted by molar-refractivity contribution is -0.131. The van der Waals surface area contributed by atoms with Crippen molar-refractivity contribution in [1.29, 1.82) is 0 Å². The molecule has 0 aromatic heterocycles. The van der Waals surface area contributed by atoms with E-state index in [2.05, 4.69) is 13.8 Å². The third-order valence-corrected chi connectivity index (χ3v) is 3.57. The Morgan fingerprint density at radius 1 is 1.24 bits per heavy atom. The molecule has 17 heavy (non-hydrogen) atoms. The Morgan fingerprint density at radius 3 is 2.47 bits per heavy atom. The van der Waals surface area contributed by atoms with Crippen molar-refractivity contribution in [1.82, 2.24) is 0 Å². The van der Waals surface area contributed by atoms with Crippen LogP contribution in [0.2, 0.25) is 0 Å². The number of carbonyl (C=O) groups is 2. The molecule has 0 bridgehead atoms. The minimum Gasteiger partial charge on any atom is -0.475 e. The van der Waals surface area contributed by atoms with Crippen LogP contribution in [0, 0.1) is 11.8 Å². The van der Waals surface area contributed by atoms with Crippen LogP contribution in [0.3, 0.4) is 0 Å². The molecule has 0 spiro atoms. The van der Waals surface area contributed by atoms with E-state index in [1.54, 1.807) is 12.1 Å². The molecule has 1 aliphatic rings. The van der Waals surface area contributed by atoms with Crippen molar-refractivity contribution in [3.63, 3.8) is 0 Å². The van der Waals surface area contributed by atoms with Crippen molar-refractivity contribution >= 4 is 11.8 Å². The maximum Gasteiger partial charge on any atom is 0.377 e. The first-order valence-corrected chi connectivity index (χ1v) is 5.88. The van der Waals surface area contributed by atoms with E-state index in [1.165, 1.54) is 5.56 Å². The molecule has 2 rings (SSSR count). The number of benzene rings is 1. The quantitative estimate of drug-likeness (QED) is 0.642. The van der Waals surface area contributed by atoms with Gasteiger partial charge in [-0.05, 0) is 41.9 Å². The van der Waals surface area contributed by atoms with Crippen LogP contribution in [0.15, 0.2) is 18.2 Å². The predicted octanol–water partition coefficient (Wildman–Crippen LogP) is 2.32. The summed E-state index contributed by atoms with van der Waals surface area (Å²) < 4.78 is 0. The molecule has 1 atom stereocenters. The van der Waals surface area contributed by atoms with E-state index >= 15 is 0 Å². The monoisotopic (exact) mass is 232 g/mol. The standard InChI is InChI=1S/C14H16O3/c1-8(2)11-5-9-3-4-10(6-12(9)7-11)13(15)14(16)17/h3-4,6,8,11H,5,7H2,1-2H3,(H,16,17). The van der Waals surface area contributed by atoms with Crippen LogP contribution in [0.1, 0.15) is 35.3 Å². The van der Waals surface area contributed by atoms with Gasteiger partial charge in [0.2, 0.25) is 0 Å². The second-order valence-corrected chi connectivity index (χ2v) is 5.03. The van der Waals surface area contributed by atoms with E-state index in [1.807, 2.05) is 6.07 Å². The number of carbonyl (C=O) groups excluding carboxylic acids is 1. The highest BCUT2D eigenvalue weighted by atomic mass is 16.4. The minimum absolute atomic E-state index is 0.292. The average molecular weight is 232 g/mol. The lowest BCUT2D eigenvalue weighted by atomic mass is 9.93. The van der Waals surface area contributed by atoms with Gasteiger partial charge >= 0.3 is 5.97 Å². The molecule has 3 heteroatoms. The molecule has 1 aromatic rings. The highest BCUT2D eigenvalue weighted by molar-refractivity contribution is 6.39. The van der Waals surface area contributed by atoms with Crippen molar-refractivity contribution in [2.24, 2.45) is 11.8 Å².